The van der Waals surface area contributed by atoms with Crippen molar-refractivity contribution in [1.82, 2.24) is 15.0 Å². The molecule has 124 valence electrons. The van der Waals surface area contributed by atoms with Crippen LogP contribution in [0.1, 0.15) is 5.56 Å². The number of ether oxygens (including phenoxy) is 3. The second-order valence-electron chi connectivity index (χ2n) is 4.97. The summed E-state index contributed by atoms with van der Waals surface area (Å²) in [6, 6.07) is 5.73. The highest BCUT2D eigenvalue weighted by Crippen LogP contribution is 2.43. The van der Waals surface area contributed by atoms with Crippen molar-refractivity contribution in [1.29, 1.82) is 0 Å². The highest BCUT2D eigenvalue weighted by Gasteiger charge is 2.19. The molecule has 0 fully saturated rings. The van der Waals surface area contributed by atoms with Gasteiger partial charge in [-0.1, -0.05) is 0 Å². The molecule has 0 aliphatic rings. The lowest BCUT2D eigenvalue weighted by Crippen LogP contribution is -2.04. The molecule has 0 saturated carbocycles. The number of hydrogen-bond donors (Lipinski definition) is 1. The summed E-state index contributed by atoms with van der Waals surface area (Å²) in [4.78, 5) is 12.7. The molecule has 7 heteroatoms. The molecule has 0 amide bonds. The maximum Gasteiger partial charge on any atom is 0.205 e. The zero-order valence-electron chi connectivity index (χ0n) is 13.7. The van der Waals surface area contributed by atoms with Crippen LogP contribution in [-0.2, 0) is 6.54 Å². The van der Waals surface area contributed by atoms with Gasteiger partial charge in [0.1, 0.15) is 17.7 Å². The first-order chi connectivity index (χ1) is 11.8. The van der Waals surface area contributed by atoms with E-state index < -0.39 is 0 Å². The summed E-state index contributed by atoms with van der Waals surface area (Å²) in [6.07, 6.45) is 5.00. The lowest BCUT2D eigenvalue weighted by atomic mass is 10.1. The number of anilines is 1. The first-order valence-corrected chi connectivity index (χ1v) is 7.35. The van der Waals surface area contributed by atoms with Crippen LogP contribution in [0.25, 0.3) is 10.9 Å². The molecule has 0 spiro atoms. The fraction of sp³-hybridized carbons (Fsp3) is 0.235. The van der Waals surface area contributed by atoms with Crippen molar-refractivity contribution in [3.05, 3.63) is 42.5 Å². The Morgan fingerprint density at radius 3 is 2.38 bits per heavy atom. The molecule has 0 unspecified atom stereocenters. The van der Waals surface area contributed by atoms with Crippen molar-refractivity contribution in [3.63, 3.8) is 0 Å². The van der Waals surface area contributed by atoms with Crippen molar-refractivity contribution < 1.29 is 14.2 Å². The van der Waals surface area contributed by atoms with E-state index in [0.29, 0.717) is 35.1 Å². The second kappa shape index (κ2) is 6.99. The van der Waals surface area contributed by atoms with Gasteiger partial charge in [0, 0.05) is 18.9 Å². The van der Waals surface area contributed by atoms with Crippen LogP contribution in [0.5, 0.6) is 17.2 Å². The molecule has 0 aliphatic carbocycles. The molecule has 24 heavy (non-hydrogen) atoms. The Morgan fingerprint density at radius 1 is 0.958 bits per heavy atom. The van der Waals surface area contributed by atoms with Crippen molar-refractivity contribution in [2.45, 2.75) is 6.54 Å². The standard InChI is InChI=1S/C17H18N4O3/c1-22-13-8-12-14(16(24-3)15(13)23-2)20-10-21-17(12)19-9-11-4-6-18-7-5-11/h4-8,10H,9H2,1-3H3,(H,19,20,21). The average Bonchev–Trinajstić information content (AvgIpc) is 2.65. The van der Waals surface area contributed by atoms with Crippen LogP contribution < -0.4 is 19.5 Å². The molecule has 3 aromatic rings. The molecule has 0 radical (unpaired) electrons. The van der Waals surface area contributed by atoms with Crippen LogP contribution >= 0.6 is 0 Å². The molecule has 0 bridgehead atoms. The summed E-state index contributed by atoms with van der Waals surface area (Å²) >= 11 is 0. The Hall–Kier alpha value is -3.09. The molecule has 2 aromatic heterocycles. The second-order valence-corrected chi connectivity index (χ2v) is 4.97. The first-order valence-electron chi connectivity index (χ1n) is 7.35. The summed E-state index contributed by atoms with van der Waals surface area (Å²) < 4.78 is 16.3. The van der Waals surface area contributed by atoms with Gasteiger partial charge in [0.15, 0.2) is 11.5 Å². The van der Waals surface area contributed by atoms with Gasteiger partial charge >= 0.3 is 0 Å². The highest BCUT2D eigenvalue weighted by molar-refractivity contribution is 5.96. The van der Waals surface area contributed by atoms with Gasteiger partial charge in [-0.3, -0.25) is 4.98 Å². The van der Waals surface area contributed by atoms with Crippen LogP contribution in [-0.4, -0.2) is 36.3 Å². The quantitative estimate of drug-likeness (QED) is 0.746. The minimum Gasteiger partial charge on any atom is -0.493 e. The monoisotopic (exact) mass is 326 g/mol. The number of aromatic nitrogens is 3. The molecule has 7 nitrogen and oxygen atoms in total. The Balaban J connectivity index is 2.06. The fourth-order valence-electron chi connectivity index (χ4n) is 2.49. The predicted octanol–water partition coefficient (Wildman–Crippen LogP) is 2.66. The summed E-state index contributed by atoms with van der Waals surface area (Å²) in [5, 5.41) is 4.11. The normalized spacial score (nSPS) is 10.5. The van der Waals surface area contributed by atoms with Gasteiger partial charge in [-0.2, -0.15) is 0 Å². The molecule has 1 aromatic carbocycles. The molecule has 3 rings (SSSR count). The third-order valence-electron chi connectivity index (χ3n) is 3.64. The van der Waals surface area contributed by atoms with Crippen LogP contribution in [0.3, 0.4) is 0 Å². The van der Waals surface area contributed by atoms with E-state index in [0.717, 1.165) is 10.9 Å². The minimum atomic E-state index is 0.506. The van der Waals surface area contributed by atoms with E-state index in [1.54, 1.807) is 33.7 Å². The van der Waals surface area contributed by atoms with E-state index in [1.165, 1.54) is 6.33 Å². The number of methoxy groups -OCH3 is 3. The van der Waals surface area contributed by atoms with E-state index in [4.69, 9.17) is 14.2 Å². The van der Waals surface area contributed by atoms with Crippen LogP contribution in [0.2, 0.25) is 0 Å². The lowest BCUT2D eigenvalue weighted by Gasteiger charge is -2.15. The molecular weight excluding hydrogens is 308 g/mol. The van der Waals surface area contributed by atoms with Crippen molar-refractivity contribution in [3.8, 4) is 17.2 Å². The van der Waals surface area contributed by atoms with E-state index in [9.17, 15) is 0 Å². The van der Waals surface area contributed by atoms with E-state index in [2.05, 4.69) is 20.3 Å². The highest BCUT2D eigenvalue weighted by atomic mass is 16.5. The number of nitrogens with zero attached hydrogens (tertiary/aromatic N) is 3. The maximum absolute atomic E-state index is 5.48. The van der Waals surface area contributed by atoms with Crippen molar-refractivity contribution in [2.75, 3.05) is 26.6 Å². The molecule has 0 aliphatic heterocycles. The minimum absolute atomic E-state index is 0.506. The first kappa shape index (κ1) is 15.8. The average molecular weight is 326 g/mol. The number of fused-ring (bicyclic) bond motifs is 1. The zero-order chi connectivity index (χ0) is 16.9. The molecule has 0 saturated heterocycles. The van der Waals surface area contributed by atoms with Gasteiger partial charge in [-0.25, -0.2) is 9.97 Å². The maximum atomic E-state index is 5.48. The van der Waals surface area contributed by atoms with E-state index in [1.807, 2.05) is 18.2 Å². The Morgan fingerprint density at radius 2 is 1.71 bits per heavy atom. The van der Waals surface area contributed by atoms with Crippen molar-refractivity contribution in [2.24, 2.45) is 0 Å². The number of pyridine rings is 1. The predicted molar refractivity (Wildman–Crippen MR) is 90.8 cm³/mol. The number of hydrogen-bond acceptors (Lipinski definition) is 7. The lowest BCUT2D eigenvalue weighted by molar-refractivity contribution is 0.327. The molecule has 2 heterocycles. The van der Waals surface area contributed by atoms with Crippen molar-refractivity contribution >= 4 is 16.7 Å². The van der Waals surface area contributed by atoms with Gasteiger partial charge in [0.2, 0.25) is 5.75 Å². The van der Waals surface area contributed by atoms with Gasteiger partial charge in [-0.15, -0.1) is 0 Å². The Bertz CT molecular complexity index is 840. The zero-order valence-corrected chi connectivity index (χ0v) is 13.7. The van der Waals surface area contributed by atoms with Crippen LogP contribution in [0, 0.1) is 0 Å². The third kappa shape index (κ3) is 2.88. The summed E-state index contributed by atoms with van der Waals surface area (Å²) in [5.41, 5.74) is 1.76. The summed E-state index contributed by atoms with van der Waals surface area (Å²) in [7, 11) is 4.72. The van der Waals surface area contributed by atoms with Crippen LogP contribution in [0.15, 0.2) is 36.9 Å². The number of nitrogens with one attached hydrogen (secondary N) is 1. The number of benzene rings is 1. The number of rotatable bonds is 6. The van der Waals surface area contributed by atoms with Gasteiger partial charge in [0.25, 0.3) is 0 Å². The molecule has 1 N–H and O–H groups in total. The van der Waals surface area contributed by atoms with E-state index >= 15 is 0 Å². The smallest absolute Gasteiger partial charge is 0.205 e. The SMILES string of the molecule is COc1cc2c(NCc3ccncc3)ncnc2c(OC)c1OC. The van der Waals surface area contributed by atoms with Gasteiger partial charge < -0.3 is 19.5 Å². The third-order valence-corrected chi connectivity index (χ3v) is 3.64. The summed E-state index contributed by atoms with van der Waals surface area (Å²) in [5.74, 6) is 2.27. The fourth-order valence-corrected chi connectivity index (χ4v) is 2.49. The van der Waals surface area contributed by atoms with Gasteiger partial charge in [-0.05, 0) is 23.8 Å². The van der Waals surface area contributed by atoms with Crippen LogP contribution in [0.4, 0.5) is 5.82 Å². The Labute approximate surface area is 139 Å². The summed E-state index contributed by atoms with van der Waals surface area (Å²) in [6.45, 7) is 0.616. The Kier molecular flexibility index (Phi) is 4.60. The topological polar surface area (TPSA) is 78.4 Å². The molecule has 0 atom stereocenters. The van der Waals surface area contributed by atoms with Gasteiger partial charge in [0.05, 0.1) is 26.7 Å². The largest absolute Gasteiger partial charge is 0.493 e. The molecular formula is C17H18N4O3. The van der Waals surface area contributed by atoms with E-state index in [-0.39, 0.29) is 0 Å².